The van der Waals surface area contributed by atoms with E-state index in [-0.39, 0.29) is 16.2 Å². The number of anilines is 2. The lowest BCUT2D eigenvalue weighted by molar-refractivity contribution is 0.104. The van der Waals surface area contributed by atoms with E-state index < -0.39 is 10.0 Å². The number of fused-ring (bicyclic) bond motifs is 2. The van der Waals surface area contributed by atoms with Gasteiger partial charge in [0.05, 0.1) is 21.7 Å². The number of nitrogens with one attached hydrogen (secondary N) is 1. The van der Waals surface area contributed by atoms with Crippen molar-refractivity contribution in [3.05, 3.63) is 88.2 Å². The van der Waals surface area contributed by atoms with Crippen molar-refractivity contribution < 1.29 is 13.2 Å². The van der Waals surface area contributed by atoms with E-state index in [1.807, 2.05) is 18.2 Å². The van der Waals surface area contributed by atoms with Gasteiger partial charge in [-0.1, -0.05) is 24.3 Å². The topological polar surface area (TPSA) is 88.5 Å². The van der Waals surface area contributed by atoms with Crippen LogP contribution in [0.1, 0.15) is 15.9 Å². The lowest BCUT2D eigenvalue weighted by Gasteiger charge is -2.23. The molecule has 0 atom stereocenters. The summed E-state index contributed by atoms with van der Waals surface area (Å²) in [5.41, 5.74) is 4.26. The summed E-state index contributed by atoms with van der Waals surface area (Å²) in [5.74, 6) is -0.128. The molecule has 166 valence electrons. The number of carbonyl (C=O) groups excluding carboxylic acids is 1. The molecule has 0 radical (unpaired) electrons. The number of nitrogens with zero attached hydrogens (tertiary/aromatic N) is 2. The Kier molecular flexibility index (Phi) is 4.73. The quantitative estimate of drug-likeness (QED) is 0.442. The molecule has 0 saturated carbocycles. The van der Waals surface area contributed by atoms with Crippen molar-refractivity contribution in [1.29, 1.82) is 0 Å². The Morgan fingerprint density at radius 2 is 1.52 bits per heavy atom. The van der Waals surface area contributed by atoms with Crippen LogP contribution in [0.25, 0.3) is 22.0 Å². The molecule has 4 aromatic rings. The van der Waals surface area contributed by atoms with Crippen LogP contribution in [0.5, 0.6) is 0 Å². The average Bonchev–Trinajstić information content (AvgIpc) is 2.80. The second-order valence-corrected chi connectivity index (χ2v) is 10.3. The second kappa shape index (κ2) is 7.40. The molecule has 1 heterocycles. The van der Waals surface area contributed by atoms with Gasteiger partial charge < -0.3 is 9.88 Å². The molecule has 1 N–H and O–H groups in total. The summed E-state index contributed by atoms with van der Waals surface area (Å²) in [7, 11) is 1.11. The van der Waals surface area contributed by atoms with Crippen LogP contribution in [0.3, 0.4) is 0 Å². The maximum Gasteiger partial charge on any atom is 0.251 e. The van der Waals surface area contributed by atoms with Crippen LogP contribution in [0.15, 0.2) is 76.4 Å². The van der Waals surface area contributed by atoms with Crippen molar-refractivity contribution in [2.45, 2.75) is 4.90 Å². The smallest absolute Gasteiger partial charge is 0.251 e. The van der Waals surface area contributed by atoms with Gasteiger partial charge in [0.1, 0.15) is 0 Å². The first-order valence-electron chi connectivity index (χ1n) is 10.3. The van der Waals surface area contributed by atoms with Gasteiger partial charge >= 0.3 is 0 Å². The van der Waals surface area contributed by atoms with Gasteiger partial charge in [-0.25, -0.2) is 12.7 Å². The normalized spacial score (nSPS) is 12.8. The van der Waals surface area contributed by atoms with E-state index >= 15 is 0 Å². The minimum atomic E-state index is -3.54. The van der Waals surface area contributed by atoms with Crippen molar-refractivity contribution in [2.75, 3.05) is 19.4 Å². The van der Waals surface area contributed by atoms with Crippen molar-refractivity contribution in [1.82, 2.24) is 8.87 Å². The van der Waals surface area contributed by atoms with Crippen LogP contribution in [0, 0.1) is 0 Å². The maximum atomic E-state index is 13.6. The molecule has 1 aliphatic carbocycles. The van der Waals surface area contributed by atoms with E-state index in [1.54, 1.807) is 43.4 Å². The molecule has 8 heteroatoms. The van der Waals surface area contributed by atoms with Gasteiger partial charge in [0.25, 0.3) is 5.56 Å². The highest BCUT2D eigenvalue weighted by Gasteiger charge is 2.29. The molecule has 5 rings (SSSR count). The Labute approximate surface area is 191 Å². The third-order valence-electron chi connectivity index (χ3n) is 6.01. The van der Waals surface area contributed by atoms with E-state index in [2.05, 4.69) is 5.32 Å². The number of hydrogen-bond donors (Lipinski definition) is 1. The lowest BCUT2D eigenvalue weighted by atomic mass is 9.83. The molecule has 1 aliphatic rings. The van der Waals surface area contributed by atoms with Crippen LogP contribution in [0.2, 0.25) is 0 Å². The summed E-state index contributed by atoms with van der Waals surface area (Å²) >= 11 is 0. The minimum Gasteiger partial charge on any atom is -0.355 e. The molecule has 0 aliphatic heterocycles. The van der Waals surface area contributed by atoms with Gasteiger partial charge in [-0.3, -0.25) is 9.59 Å². The molecule has 0 fully saturated rings. The summed E-state index contributed by atoms with van der Waals surface area (Å²) in [5, 5.41) is 3.98. The monoisotopic (exact) mass is 459 g/mol. The molecule has 0 bridgehead atoms. The van der Waals surface area contributed by atoms with Crippen molar-refractivity contribution in [2.24, 2.45) is 7.05 Å². The fourth-order valence-corrected chi connectivity index (χ4v) is 5.14. The second-order valence-electron chi connectivity index (χ2n) is 8.15. The highest BCUT2D eigenvalue weighted by atomic mass is 32.2. The molecule has 3 aromatic carbocycles. The Balaban J connectivity index is 1.68. The van der Waals surface area contributed by atoms with Crippen molar-refractivity contribution in [3.63, 3.8) is 0 Å². The molecule has 0 saturated heterocycles. The number of benzene rings is 3. The summed E-state index contributed by atoms with van der Waals surface area (Å²) in [6.45, 7) is 0. The molecule has 1 aromatic heterocycles. The first-order valence-corrected chi connectivity index (χ1v) is 11.7. The maximum absolute atomic E-state index is 13.6. The number of rotatable bonds is 4. The predicted octanol–water partition coefficient (Wildman–Crippen LogP) is 3.74. The number of aryl methyl sites for hydroxylation is 1. The number of ketones is 1. The van der Waals surface area contributed by atoms with Crippen molar-refractivity contribution in [3.8, 4) is 11.1 Å². The van der Waals surface area contributed by atoms with Crippen LogP contribution >= 0.6 is 0 Å². The molecule has 33 heavy (non-hydrogen) atoms. The zero-order chi connectivity index (χ0) is 23.5. The number of aromatic nitrogens is 1. The first kappa shape index (κ1) is 21.1. The summed E-state index contributed by atoms with van der Waals surface area (Å²) < 4.78 is 27.4. The summed E-state index contributed by atoms with van der Waals surface area (Å²) in [6, 6.07) is 18.8. The zero-order valence-electron chi connectivity index (χ0n) is 18.3. The molecule has 0 unspecified atom stereocenters. The van der Waals surface area contributed by atoms with E-state index in [1.165, 1.54) is 30.8 Å². The third-order valence-corrected chi connectivity index (χ3v) is 7.84. The van der Waals surface area contributed by atoms with E-state index in [0.29, 0.717) is 28.0 Å². The number of hydrogen-bond acceptors (Lipinski definition) is 5. The zero-order valence-corrected chi connectivity index (χ0v) is 19.1. The number of sulfonamides is 1. The molecular weight excluding hydrogens is 438 g/mol. The first-order chi connectivity index (χ1) is 15.7. The Bertz CT molecular complexity index is 1620. The van der Waals surface area contributed by atoms with Crippen LogP contribution in [0.4, 0.5) is 11.4 Å². The Hall–Kier alpha value is -3.75. The standard InChI is InChI=1S/C25H21N3O4S/c1-27(2)33(31,32)16-10-8-15(9-11-16)26-20-12-13-21-23-19(14-22(29)28(21)3)17-6-4-5-7-18(17)25(30)24(20)23/h4-14,26H,1-3H3. The Morgan fingerprint density at radius 3 is 2.18 bits per heavy atom. The fourth-order valence-electron chi connectivity index (χ4n) is 4.23. The SMILES string of the molecule is CN(C)S(=O)(=O)c1ccc(Nc2ccc3c4c(cc(=O)n3C)-c3ccccc3C(=O)c24)cc1. The van der Waals surface area contributed by atoms with E-state index in [0.717, 1.165) is 20.8 Å². The van der Waals surface area contributed by atoms with Gasteiger partial charge in [-0.05, 0) is 47.5 Å². The molecule has 7 nitrogen and oxygen atoms in total. The minimum absolute atomic E-state index is 0.128. The molecule has 0 spiro atoms. The molecular formula is C25H21N3O4S. The number of carbonyl (C=O) groups is 1. The summed E-state index contributed by atoms with van der Waals surface area (Å²) in [4.78, 5) is 26.3. The highest BCUT2D eigenvalue weighted by Crippen LogP contribution is 2.41. The van der Waals surface area contributed by atoms with E-state index in [4.69, 9.17) is 0 Å². The highest BCUT2D eigenvalue weighted by molar-refractivity contribution is 7.89. The van der Waals surface area contributed by atoms with Crippen LogP contribution in [-0.2, 0) is 17.1 Å². The fraction of sp³-hybridized carbons (Fsp3) is 0.120. The van der Waals surface area contributed by atoms with Crippen LogP contribution < -0.4 is 10.9 Å². The van der Waals surface area contributed by atoms with Gasteiger partial charge in [-0.2, -0.15) is 0 Å². The largest absolute Gasteiger partial charge is 0.355 e. The number of pyridine rings is 1. The average molecular weight is 460 g/mol. The Morgan fingerprint density at radius 1 is 0.848 bits per heavy atom. The molecule has 0 amide bonds. The summed E-state index contributed by atoms with van der Waals surface area (Å²) in [6.07, 6.45) is 0. The lowest BCUT2D eigenvalue weighted by Crippen LogP contribution is -2.22. The van der Waals surface area contributed by atoms with Gasteiger partial charge in [0.15, 0.2) is 5.78 Å². The van der Waals surface area contributed by atoms with Crippen molar-refractivity contribution >= 4 is 38.1 Å². The third kappa shape index (κ3) is 3.18. The van der Waals surface area contributed by atoms with Gasteiger partial charge in [-0.15, -0.1) is 0 Å². The predicted molar refractivity (Wildman–Crippen MR) is 129 cm³/mol. The van der Waals surface area contributed by atoms with Crippen LogP contribution in [-0.4, -0.2) is 37.2 Å². The van der Waals surface area contributed by atoms with Gasteiger partial charge in [0.2, 0.25) is 10.0 Å². The van der Waals surface area contributed by atoms with Gasteiger partial charge in [0, 0.05) is 43.8 Å². The van der Waals surface area contributed by atoms with E-state index in [9.17, 15) is 18.0 Å².